The van der Waals surface area contributed by atoms with Gasteiger partial charge in [-0.15, -0.1) is 0 Å². The van der Waals surface area contributed by atoms with Crippen molar-refractivity contribution >= 4 is 10.9 Å². The standard InChI is InChI=1S/C11H9F3N2O2.C2H6/c1-5-3-6-8(4-7(5)11(12,13)14)15-10(18-2)16-9(6)17;1-2/h3-4H,1-2H3,(H,15,16,17);1-2H3. The first-order valence-corrected chi connectivity index (χ1v) is 5.99. The second-order valence-corrected chi connectivity index (χ2v) is 3.76. The first-order valence-electron chi connectivity index (χ1n) is 5.99. The summed E-state index contributed by atoms with van der Waals surface area (Å²) in [6, 6.07) is 1.90. The van der Waals surface area contributed by atoms with Crippen LogP contribution in [-0.2, 0) is 6.18 Å². The van der Waals surface area contributed by atoms with Crippen molar-refractivity contribution < 1.29 is 17.9 Å². The number of halogens is 3. The largest absolute Gasteiger partial charge is 0.468 e. The molecule has 0 saturated carbocycles. The number of aromatic nitrogens is 2. The highest BCUT2D eigenvalue weighted by Crippen LogP contribution is 2.33. The minimum absolute atomic E-state index is 0.0209. The van der Waals surface area contributed by atoms with Crippen LogP contribution >= 0.6 is 0 Å². The Morgan fingerprint density at radius 2 is 1.85 bits per heavy atom. The van der Waals surface area contributed by atoms with Gasteiger partial charge in [-0.25, -0.2) is 0 Å². The molecule has 2 aromatic rings. The third-order valence-electron chi connectivity index (χ3n) is 2.53. The molecule has 110 valence electrons. The molecular formula is C13H15F3N2O2. The molecule has 0 spiro atoms. The minimum Gasteiger partial charge on any atom is -0.468 e. The van der Waals surface area contributed by atoms with Crippen LogP contribution in [0.4, 0.5) is 13.2 Å². The van der Waals surface area contributed by atoms with Crippen LogP contribution in [0.3, 0.4) is 0 Å². The normalized spacial score (nSPS) is 10.9. The summed E-state index contributed by atoms with van der Waals surface area (Å²) in [6.07, 6.45) is -4.48. The number of nitrogens with one attached hydrogen (secondary N) is 1. The number of H-pyrrole nitrogens is 1. The Hall–Kier alpha value is -2.05. The first-order chi connectivity index (χ1) is 9.32. The summed E-state index contributed by atoms with van der Waals surface area (Å²) in [4.78, 5) is 17.7. The molecule has 1 aromatic carbocycles. The van der Waals surface area contributed by atoms with Crippen LogP contribution in [0.15, 0.2) is 16.9 Å². The van der Waals surface area contributed by atoms with Crippen molar-refractivity contribution in [3.05, 3.63) is 33.6 Å². The van der Waals surface area contributed by atoms with Crippen molar-refractivity contribution in [2.75, 3.05) is 7.11 Å². The van der Waals surface area contributed by atoms with E-state index in [0.717, 1.165) is 6.07 Å². The Morgan fingerprint density at radius 1 is 1.25 bits per heavy atom. The Morgan fingerprint density at radius 3 is 2.35 bits per heavy atom. The van der Waals surface area contributed by atoms with Gasteiger partial charge >= 0.3 is 6.18 Å². The van der Waals surface area contributed by atoms with Crippen LogP contribution in [-0.4, -0.2) is 17.1 Å². The average molecular weight is 288 g/mol. The fraction of sp³-hybridized carbons (Fsp3) is 0.385. The van der Waals surface area contributed by atoms with Gasteiger partial charge in [-0.1, -0.05) is 13.8 Å². The average Bonchev–Trinajstić information content (AvgIpc) is 2.40. The zero-order chi connectivity index (χ0) is 15.5. The van der Waals surface area contributed by atoms with E-state index in [0.29, 0.717) is 0 Å². The molecule has 0 aliphatic rings. The molecule has 0 unspecified atom stereocenters. The maximum atomic E-state index is 12.7. The van der Waals surface area contributed by atoms with Gasteiger partial charge in [-0.3, -0.25) is 9.78 Å². The summed E-state index contributed by atoms with van der Waals surface area (Å²) in [5, 5.41) is 0.0984. The number of fused-ring (bicyclic) bond motifs is 1. The number of aryl methyl sites for hydroxylation is 1. The van der Waals surface area contributed by atoms with Gasteiger partial charge in [0.05, 0.1) is 23.6 Å². The summed E-state index contributed by atoms with van der Waals surface area (Å²) >= 11 is 0. The molecule has 0 radical (unpaired) electrons. The molecule has 0 saturated heterocycles. The predicted molar refractivity (Wildman–Crippen MR) is 70.0 cm³/mol. The van der Waals surface area contributed by atoms with Crippen LogP contribution in [0.2, 0.25) is 0 Å². The number of hydrogen-bond donors (Lipinski definition) is 1. The van der Waals surface area contributed by atoms with Gasteiger partial charge in [-0.05, 0) is 24.6 Å². The monoisotopic (exact) mass is 288 g/mol. The van der Waals surface area contributed by atoms with Gasteiger partial charge in [0, 0.05) is 0 Å². The number of hydrogen-bond acceptors (Lipinski definition) is 3. The van der Waals surface area contributed by atoms with E-state index < -0.39 is 17.3 Å². The molecule has 0 amide bonds. The molecular weight excluding hydrogens is 273 g/mol. The van der Waals surface area contributed by atoms with E-state index in [1.807, 2.05) is 13.8 Å². The van der Waals surface area contributed by atoms with E-state index in [1.54, 1.807) is 0 Å². The van der Waals surface area contributed by atoms with Gasteiger partial charge in [-0.2, -0.15) is 18.2 Å². The van der Waals surface area contributed by atoms with Gasteiger partial charge in [0.1, 0.15) is 0 Å². The quantitative estimate of drug-likeness (QED) is 0.876. The van der Waals surface area contributed by atoms with Crippen LogP contribution in [0.1, 0.15) is 25.0 Å². The zero-order valence-corrected chi connectivity index (χ0v) is 11.6. The van der Waals surface area contributed by atoms with Crippen LogP contribution in [0.25, 0.3) is 10.9 Å². The van der Waals surface area contributed by atoms with Crippen molar-refractivity contribution in [3.63, 3.8) is 0 Å². The smallest absolute Gasteiger partial charge is 0.416 e. The number of ether oxygens (including phenoxy) is 1. The summed E-state index contributed by atoms with van der Waals surface area (Å²) in [5.41, 5.74) is -1.41. The number of methoxy groups -OCH3 is 1. The van der Waals surface area contributed by atoms with E-state index >= 15 is 0 Å². The molecule has 1 N–H and O–H groups in total. The molecule has 1 aromatic heterocycles. The van der Waals surface area contributed by atoms with E-state index in [9.17, 15) is 18.0 Å². The molecule has 4 nitrogen and oxygen atoms in total. The minimum atomic E-state index is -4.48. The second-order valence-electron chi connectivity index (χ2n) is 3.76. The Kier molecular flexibility index (Phi) is 4.75. The Balaban J connectivity index is 0.000000956. The van der Waals surface area contributed by atoms with E-state index in [1.165, 1.54) is 20.1 Å². The van der Waals surface area contributed by atoms with Crippen molar-refractivity contribution in [2.24, 2.45) is 0 Å². The zero-order valence-electron chi connectivity index (χ0n) is 11.6. The number of rotatable bonds is 1. The topological polar surface area (TPSA) is 55.0 Å². The van der Waals surface area contributed by atoms with Crippen molar-refractivity contribution in [1.29, 1.82) is 0 Å². The van der Waals surface area contributed by atoms with Gasteiger partial charge in [0.2, 0.25) is 0 Å². The molecule has 20 heavy (non-hydrogen) atoms. The second kappa shape index (κ2) is 5.94. The summed E-state index contributed by atoms with van der Waals surface area (Å²) < 4.78 is 42.9. The van der Waals surface area contributed by atoms with Crippen molar-refractivity contribution in [1.82, 2.24) is 9.97 Å². The molecule has 0 aliphatic carbocycles. The van der Waals surface area contributed by atoms with Gasteiger partial charge in [0.15, 0.2) is 0 Å². The molecule has 0 bridgehead atoms. The van der Waals surface area contributed by atoms with Crippen molar-refractivity contribution in [2.45, 2.75) is 26.9 Å². The maximum absolute atomic E-state index is 12.7. The lowest BCUT2D eigenvalue weighted by Gasteiger charge is -2.11. The highest BCUT2D eigenvalue weighted by Gasteiger charge is 2.33. The number of aromatic amines is 1. The fourth-order valence-corrected chi connectivity index (χ4v) is 1.67. The van der Waals surface area contributed by atoms with Crippen LogP contribution in [0, 0.1) is 6.92 Å². The van der Waals surface area contributed by atoms with Gasteiger partial charge < -0.3 is 4.74 Å². The molecule has 0 fully saturated rings. The summed E-state index contributed by atoms with van der Waals surface area (Å²) in [6.45, 7) is 5.30. The highest BCUT2D eigenvalue weighted by molar-refractivity contribution is 5.79. The lowest BCUT2D eigenvalue weighted by atomic mass is 10.1. The predicted octanol–water partition coefficient (Wildman–Crippen LogP) is 3.29. The summed E-state index contributed by atoms with van der Waals surface area (Å²) in [7, 11) is 1.27. The fourth-order valence-electron chi connectivity index (χ4n) is 1.67. The Labute approximate surface area is 113 Å². The third kappa shape index (κ3) is 3.09. The molecule has 0 atom stereocenters. The number of alkyl halides is 3. The molecule has 2 rings (SSSR count). The van der Waals surface area contributed by atoms with E-state index in [-0.39, 0.29) is 22.5 Å². The SMILES string of the molecule is CC.COc1nc2cc(C(F)(F)F)c(C)cc2c(=O)[nH]1. The van der Waals surface area contributed by atoms with Gasteiger partial charge in [0.25, 0.3) is 11.6 Å². The molecule has 0 aliphatic heterocycles. The summed E-state index contributed by atoms with van der Waals surface area (Å²) in [5.74, 6) is 0. The van der Waals surface area contributed by atoms with Crippen LogP contribution < -0.4 is 10.3 Å². The van der Waals surface area contributed by atoms with Crippen LogP contribution in [0.5, 0.6) is 6.01 Å². The lowest BCUT2D eigenvalue weighted by molar-refractivity contribution is -0.137. The van der Waals surface area contributed by atoms with Crippen molar-refractivity contribution in [3.8, 4) is 6.01 Å². The molecule has 1 heterocycles. The van der Waals surface area contributed by atoms with E-state index in [4.69, 9.17) is 4.74 Å². The lowest BCUT2D eigenvalue weighted by Crippen LogP contribution is -2.13. The number of nitrogens with zero attached hydrogens (tertiary/aromatic N) is 1. The maximum Gasteiger partial charge on any atom is 0.416 e. The molecule has 7 heteroatoms. The highest BCUT2D eigenvalue weighted by atomic mass is 19.4. The first kappa shape index (κ1) is 16.0. The number of benzene rings is 1. The van der Waals surface area contributed by atoms with E-state index in [2.05, 4.69) is 9.97 Å². The third-order valence-corrected chi connectivity index (χ3v) is 2.53. The Bertz CT molecular complexity index is 663.